The summed E-state index contributed by atoms with van der Waals surface area (Å²) in [6.45, 7) is 3.06. The van der Waals surface area contributed by atoms with E-state index in [0.29, 0.717) is 23.6 Å². The first kappa shape index (κ1) is 22.7. The van der Waals surface area contributed by atoms with Crippen LogP contribution in [0, 0.1) is 0 Å². The highest BCUT2D eigenvalue weighted by atomic mass is 16.5. The number of likely N-dealkylation sites (N-methyl/N-ethyl adjacent to an activating group) is 1. The number of pyridine rings is 1. The third-order valence-electron chi connectivity index (χ3n) is 6.48. The molecule has 2 aromatic rings. The van der Waals surface area contributed by atoms with E-state index in [9.17, 15) is 9.59 Å². The van der Waals surface area contributed by atoms with Crippen molar-refractivity contribution in [3.8, 4) is 5.75 Å². The molecule has 0 radical (unpaired) electrons. The highest BCUT2D eigenvalue weighted by molar-refractivity contribution is 5.99. The smallest absolute Gasteiger partial charge is 0.320 e. The Morgan fingerprint density at radius 1 is 1.12 bits per heavy atom. The van der Waals surface area contributed by atoms with E-state index in [1.165, 1.54) is 6.20 Å². The summed E-state index contributed by atoms with van der Waals surface area (Å²) in [5.41, 5.74) is 7.58. The molecule has 3 heterocycles. The maximum absolute atomic E-state index is 12.9. The second-order valence-electron chi connectivity index (χ2n) is 8.63. The minimum Gasteiger partial charge on any atom is -0.497 e. The van der Waals surface area contributed by atoms with Gasteiger partial charge in [0.05, 0.1) is 18.4 Å². The molecule has 9 nitrogen and oxygen atoms in total. The lowest BCUT2D eigenvalue weighted by molar-refractivity contribution is 0.1000. The Morgan fingerprint density at radius 2 is 1.82 bits per heavy atom. The molecule has 4 rings (SSSR count). The Bertz CT molecular complexity index is 990. The zero-order valence-electron chi connectivity index (χ0n) is 19.3. The van der Waals surface area contributed by atoms with Crippen LogP contribution in [0.25, 0.3) is 0 Å². The fourth-order valence-corrected chi connectivity index (χ4v) is 4.57. The first-order valence-corrected chi connectivity index (χ1v) is 11.4. The van der Waals surface area contributed by atoms with Gasteiger partial charge in [0.2, 0.25) is 0 Å². The quantitative estimate of drug-likeness (QED) is 0.698. The van der Waals surface area contributed by atoms with Gasteiger partial charge in [-0.1, -0.05) is 0 Å². The summed E-state index contributed by atoms with van der Waals surface area (Å²) in [6.07, 6.45) is 5.51. The Kier molecular flexibility index (Phi) is 6.86. The van der Waals surface area contributed by atoms with E-state index in [2.05, 4.69) is 15.2 Å². The molecule has 3 N–H and O–H groups in total. The van der Waals surface area contributed by atoms with Crippen LogP contribution in [0.2, 0.25) is 0 Å². The van der Waals surface area contributed by atoms with Crippen LogP contribution in [-0.4, -0.2) is 73.1 Å². The molecule has 33 heavy (non-hydrogen) atoms. The number of nitrogens with two attached hydrogens (primary N) is 1. The number of ether oxygens (including phenoxy) is 1. The lowest BCUT2D eigenvalue weighted by atomic mass is 10.0. The number of piperidine rings is 1. The molecule has 0 spiro atoms. The summed E-state index contributed by atoms with van der Waals surface area (Å²) >= 11 is 0. The second-order valence-corrected chi connectivity index (χ2v) is 8.63. The largest absolute Gasteiger partial charge is 0.497 e. The number of carbonyl (C=O) groups is 2. The molecule has 2 saturated heterocycles. The molecule has 2 aliphatic heterocycles. The first-order valence-electron chi connectivity index (χ1n) is 11.4. The van der Waals surface area contributed by atoms with Gasteiger partial charge in [0.1, 0.15) is 11.6 Å². The van der Waals surface area contributed by atoms with E-state index >= 15 is 0 Å². The van der Waals surface area contributed by atoms with Crippen LogP contribution < -0.4 is 20.7 Å². The minimum atomic E-state index is -0.527. The summed E-state index contributed by atoms with van der Waals surface area (Å²) in [4.78, 5) is 35.4. The molecular weight excluding hydrogens is 420 g/mol. The first-order chi connectivity index (χ1) is 16.0. The number of amides is 3. The van der Waals surface area contributed by atoms with E-state index in [1.807, 2.05) is 47.2 Å². The van der Waals surface area contributed by atoms with Gasteiger partial charge in [0, 0.05) is 57.2 Å². The van der Waals surface area contributed by atoms with Crippen molar-refractivity contribution < 1.29 is 14.3 Å². The SMILES string of the molecule is COc1ccc(Nc2cc(N(C)[C@@H]3CCCN(C(=O)N4CCCC4)C3)c(C(N)=O)cn2)cc1. The van der Waals surface area contributed by atoms with Crippen molar-refractivity contribution in [3.05, 3.63) is 42.1 Å². The molecule has 1 aromatic heterocycles. The van der Waals surface area contributed by atoms with Gasteiger partial charge in [-0.2, -0.15) is 0 Å². The lowest BCUT2D eigenvalue weighted by Gasteiger charge is -2.40. The van der Waals surface area contributed by atoms with E-state index in [1.54, 1.807) is 7.11 Å². The summed E-state index contributed by atoms with van der Waals surface area (Å²) < 4.78 is 5.20. The van der Waals surface area contributed by atoms with Crippen LogP contribution in [0.1, 0.15) is 36.0 Å². The lowest BCUT2D eigenvalue weighted by Crippen LogP contribution is -2.52. The van der Waals surface area contributed by atoms with Gasteiger partial charge in [-0.25, -0.2) is 9.78 Å². The van der Waals surface area contributed by atoms with Crippen LogP contribution in [0.3, 0.4) is 0 Å². The summed E-state index contributed by atoms with van der Waals surface area (Å²) in [7, 11) is 3.58. The van der Waals surface area contributed by atoms with Crippen molar-refractivity contribution in [2.75, 3.05) is 50.6 Å². The molecule has 9 heteroatoms. The van der Waals surface area contributed by atoms with Crippen molar-refractivity contribution >= 4 is 29.1 Å². The van der Waals surface area contributed by atoms with Gasteiger partial charge < -0.3 is 30.5 Å². The van der Waals surface area contributed by atoms with Crippen molar-refractivity contribution in [2.24, 2.45) is 5.73 Å². The number of aromatic nitrogens is 1. The van der Waals surface area contributed by atoms with E-state index in [0.717, 1.165) is 56.8 Å². The highest BCUT2D eigenvalue weighted by Crippen LogP contribution is 2.29. The number of urea groups is 1. The minimum absolute atomic E-state index is 0.0830. The molecule has 3 amide bonds. The van der Waals surface area contributed by atoms with Gasteiger partial charge in [-0.15, -0.1) is 0 Å². The number of hydrogen-bond donors (Lipinski definition) is 2. The van der Waals surface area contributed by atoms with Crippen LogP contribution in [0.4, 0.5) is 22.0 Å². The van der Waals surface area contributed by atoms with E-state index in [-0.39, 0.29) is 12.1 Å². The number of rotatable bonds is 6. The van der Waals surface area contributed by atoms with Gasteiger partial charge in [-0.05, 0) is 49.9 Å². The average Bonchev–Trinajstić information content (AvgIpc) is 3.38. The number of nitrogens with one attached hydrogen (secondary N) is 1. The molecule has 0 bridgehead atoms. The molecule has 0 aliphatic carbocycles. The number of methoxy groups -OCH3 is 1. The monoisotopic (exact) mass is 452 g/mol. The second kappa shape index (κ2) is 9.97. The predicted molar refractivity (Wildman–Crippen MR) is 128 cm³/mol. The van der Waals surface area contributed by atoms with Crippen LogP contribution >= 0.6 is 0 Å². The molecule has 2 aliphatic rings. The van der Waals surface area contributed by atoms with Gasteiger partial charge >= 0.3 is 6.03 Å². The van der Waals surface area contributed by atoms with Crippen molar-refractivity contribution in [3.63, 3.8) is 0 Å². The van der Waals surface area contributed by atoms with Crippen LogP contribution in [-0.2, 0) is 0 Å². The van der Waals surface area contributed by atoms with Gasteiger partial charge in [0.15, 0.2) is 0 Å². The van der Waals surface area contributed by atoms with Crippen LogP contribution in [0.15, 0.2) is 36.5 Å². The van der Waals surface area contributed by atoms with Crippen molar-refractivity contribution in [1.82, 2.24) is 14.8 Å². The summed E-state index contributed by atoms with van der Waals surface area (Å²) in [5, 5.41) is 3.27. The van der Waals surface area contributed by atoms with Crippen molar-refractivity contribution in [2.45, 2.75) is 31.7 Å². The molecule has 1 atom stereocenters. The number of benzene rings is 1. The number of likely N-dealkylation sites (tertiary alicyclic amines) is 2. The zero-order valence-corrected chi connectivity index (χ0v) is 19.3. The van der Waals surface area contributed by atoms with Gasteiger partial charge in [-0.3, -0.25) is 4.79 Å². The Balaban J connectivity index is 1.53. The molecule has 0 saturated carbocycles. The Morgan fingerprint density at radius 3 is 2.48 bits per heavy atom. The maximum atomic E-state index is 12.9. The average molecular weight is 453 g/mol. The summed E-state index contributed by atoms with van der Waals surface area (Å²) in [5.74, 6) is 0.845. The van der Waals surface area contributed by atoms with E-state index < -0.39 is 5.91 Å². The predicted octanol–water partition coefficient (Wildman–Crippen LogP) is 3.05. The zero-order chi connectivity index (χ0) is 23.4. The number of anilines is 3. The number of primary amides is 1. The Hall–Kier alpha value is -3.49. The maximum Gasteiger partial charge on any atom is 0.320 e. The molecule has 1 aromatic carbocycles. The van der Waals surface area contributed by atoms with Crippen LogP contribution in [0.5, 0.6) is 5.75 Å². The number of hydrogen-bond acceptors (Lipinski definition) is 6. The third kappa shape index (κ3) is 5.13. The molecular formula is C24H32N6O3. The van der Waals surface area contributed by atoms with Gasteiger partial charge in [0.25, 0.3) is 5.91 Å². The van der Waals surface area contributed by atoms with Crippen molar-refractivity contribution in [1.29, 1.82) is 0 Å². The number of nitrogens with zero attached hydrogens (tertiary/aromatic N) is 4. The Labute approximate surface area is 194 Å². The fourth-order valence-electron chi connectivity index (χ4n) is 4.57. The summed E-state index contributed by atoms with van der Waals surface area (Å²) in [6, 6.07) is 9.56. The normalized spacial score (nSPS) is 18.2. The topological polar surface area (TPSA) is 104 Å². The molecule has 2 fully saturated rings. The highest BCUT2D eigenvalue weighted by Gasteiger charge is 2.31. The third-order valence-corrected chi connectivity index (χ3v) is 6.48. The standard InChI is InChI=1S/C24H32N6O3/c1-28(18-6-5-13-30(16-18)24(32)29-11-3-4-12-29)21-14-22(26-15-20(21)23(25)31)27-17-7-9-19(33-2)10-8-17/h7-10,14-15,18H,3-6,11-13,16H2,1-2H3,(H2,25,31)(H,26,27)/t18-/m1/s1. The van der Waals surface area contributed by atoms with E-state index in [4.69, 9.17) is 10.5 Å². The molecule has 176 valence electrons. The number of carbonyl (C=O) groups excluding carboxylic acids is 2. The fraction of sp³-hybridized carbons (Fsp3) is 0.458. The molecule has 0 unspecified atom stereocenters.